The van der Waals surface area contributed by atoms with E-state index in [4.69, 9.17) is 11.6 Å². The van der Waals surface area contributed by atoms with E-state index in [1.54, 1.807) is 7.05 Å². The van der Waals surface area contributed by atoms with E-state index in [-0.39, 0.29) is 17.0 Å². The first kappa shape index (κ1) is 16.2. The summed E-state index contributed by atoms with van der Waals surface area (Å²) >= 11 is 6.82. The normalized spacial score (nSPS) is 26.0. The third-order valence-electron chi connectivity index (χ3n) is 3.46. The van der Waals surface area contributed by atoms with E-state index < -0.39 is 38.2 Å². The van der Waals surface area contributed by atoms with E-state index in [9.17, 15) is 23.1 Å². The number of rotatable bonds is 4. The molecule has 124 valence electrons. The smallest absolute Gasteiger partial charge is 0.352 e. The van der Waals surface area contributed by atoms with Gasteiger partial charge in [0.1, 0.15) is 11.1 Å². The summed E-state index contributed by atoms with van der Waals surface area (Å²) in [5.41, 5.74) is -0.215. The van der Waals surface area contributed by atoms with Gasteiger partial charge in [0.05, 0.1) is 5.75 Å². The Hall–Kier alpha value is -1.66. The van der Waals surface area contributed by atoms with Crippen LogP contribution in [-0.2, 0) is 26.5 Å². The predicted molar refractivity (Wildman–Crippen MR) is 78.2 cm³/mol. The van der Waals surface area contributed by atoms with Gasteiger partial charge in [-0.25, -0.2) is 17.9 Å². The molecule has 1 aromatic heterocycles. The molecular weight excluding hydrogens is 370 g/mol. The highest BCUT2D eigenvalue weighted by atomic mass is 35.5. The number of hydrogen-bond donors (Lipinski definition) is 1. The molecule has 0 radical (unpaired) electrons. The highest BCUT2D eigenvalue weighted by Crippen LogP contribution is 2.40. The molecule has 2 aliphatic rings. The average Bonchev–Trinajstić information content (AvgIpc) is 2.87. The Morgan fingerprint density at radius 1 is 1.52 bits per heavy atom. The van der Waals surface area contributed by atoms with Crippen molar-refractivity contribution < 1.29 is 23.1 Å². The van der Waals surface area contributed by atoms with Gasteiger partial charge in [-0.3, -0.25) is 9.69 Å². The topological polar surface area (TPSA) is 135 Å². The van der Waals surface area contributed by atoms with Gasteiger partial charge in [-0.2, -0.15) is 0 Å². The number of sulfone groups is 1. The molecule has 2 aliphatic heterocycles. The van der Waals surface area contributed by atoms with Gasteiger partial charge in [0.15, 0.2) is 15.2 Å². The van der Waals surface area contributed by atoms with E-state index in [0.717, 1.165) is 16.7 Å². The zero-order valence-corrected chi connectivity index (χ0v) is 14.0. The Kier molecular flexibility index (Phi) is 3.84. The fourth-order valence-electron chi connectivity index (χ4n) is 2.44. The second-order valence-corrected chi connectivity index (χ2v) is 8.45. The first-order valence-electron chi connectivity index (χ1n) is 6.23. The van der Waals surface area contributed by atoms with Crippen molar-refractivity contribution in [1.29, 1.82) is 0 Å². The highest BCUT2D eigenvalue weighted by molar-refractivity contribution is 7.99. The number of carbonyl (C=O) groups is 2. The van der Waals surface area contributed by atoms with Gasteiger partial charge in [-0.1, -0.05) is 11.8 Å². The van der Waals surface area contributed by atoms with Crippen LogP contribution in [-0.4, -0.2) is 72.8 Å². The van der Waals surface area contributed by atoms with Crippen molar-refractivity contribution in [2.75, 3.05) is 11.5 Å². The molecule has 0 aliphatic carbocycles. The molecular formula is C10H10ClN5O5S2. The number of aromatic nitrogens is 4. The van der Waals surface area contributed by atoms with Gasteiger partial charge in [-0.05, 0) is 16.0 Å². The number of carboxylic acids is 1. The quantitative estimate of drug-likeness (QED) is 0.390. The number of halogens is 1. The van der Waals surface area contributed by atoms with E-state index in [1.807, 2.05) is 0 Å². The maximum atomic E-state index is 12.2. The first-order valence-corrected chi connectivity index (χ1v) is 9.37. The van der Waals surface area contributed by atoms with Crippen molar-refractivity contribution in [2.24, 2.45) is 7.05 Å². The largest absolute Gasteiger partial charge is 0.477 e. The molecule has 0 aromatic carbocycles. The van der Waals surface area contributed by atoms with Crippen LogP contribution in [0.1, 0.15) is 0 Å². The number of nitrogens with zero attached hydrogens (tertiary/aromatic N) is 5. The fraction of sp³-hybridized carbons (Fsp3) is 0.500. The van der Waals surface area contributed by atoms with Crippen LogP contribution in [0, 0.1) is 0 Å². The Balaban J connectivity index is 1.96. The summed E-state index contributed by atoms with van der Waals surface area (Å²) < 4.78 is 25.9. The van der Waals surface area contributed by atoms with Crippen LogP contribution in [0.5, 0.6) is 0 Å². The molecule has 10 nitrogen and oxygen atoms in total. The van der Waals surface area contributed by atoms with Crippen LogP contribution in [0.15, 0.2) is 16.4 Å². The molecule has 3 heterocycles. The highest BCUT2D eigenvalue weighted by Gasteiger charge is 2.59. The number of aryl methyl sites for hydroxylation is 1. The average molecular weight is 380 g/mol. The lowest BCUT2D eigenvalue weighted by Crippen LogP contribution is -2.68. The molecule has 1 amide bonds. The summed E-state index contributed by atoms with van der Waals surface area (Å²) in [7, 11) is -2.15. The zero-order chi connectivity index (χ0) is 16.9. The van der Waals surface area contributed by atoms with Gasteiger partial charge in [0, 0.05) is 12.8 Å². The monoisotopic (exact) mass is 379 g/mol. The Labute approximate surface area is 139 Å². The lowest BCUT2D eigenvalue weighted by Gasteiger charge is -2.46. The third-order valence-corrected chi connectivity index (χ3v) is 7.10. The van der Waals surface area contributed by atoms with Crippen LogP contribution < -0.4 is 0 Å². The number of carbonyl (C=O) groups excluding carboxylic acids is 1. The van der Waals surface area contributed by atoms with Gasteiger partial charge >= 0.3 is 5.97 Å². The van der Waals surface area contributed by atoms with Crippen molar-refractivity contribution in [3.05, 3.63) is 11.3 Å². The summed E-state index contributed by atoms with van der Waals surface area (Å²) in [5, 5.41) is 18.0. The molecule has 1 saturated heterocycles. The predicted octanol–water partition coefficient (Wildman–Crippen LogP) is -1.15. The molecule has 3 rings (SSSR count). The molecule has 1 N–H and O–H groups in total. The summed E-state index contributed by atoms with van der Waals surface area (Å²) in [6.45, 7) is 0. The SMILES string of the molecule is Cn1nnnc1SCC1=C(C(=O)O)N2C(=O)[C@H](Cl)C2S(=O)(=O)C1. The number of carboxylic acid groups (broad SMARTS) is 1. The van der Waals surface area contributed by atoms with Gasteiger partial charge < -0.3 is 5.11 Å². The Bertz CT molecular complexity index is 834. The maximum absolute atomic E-state index is 12.2. The van der Waals surface area contributed by atoms with Crippen LogP contribution in [0.4, 0.5) is 0 Å². The van der Waals surface area contributed by atoms with Crippen molar-refractivity contribution in [3.8, 4) is 0 Å². The molecule has 0 bridgehead atoms. The number of fused-ring (bicyclic) bond motifs is 1. The number of amides is 1. The van der Waals surface area contributed by atoms with E-state index in [2.05, 4.69) is 15.5 Å². The number of alkyl halides is 1. The molecule has 2 atom stereocenters. The third kappa shape index (κ3) is 2.50. The maximum Gasteiger partial charge on any atom is 0.352 e. The van der Waals surface area contributed by atoms with E-state index in [1.165, 1.54) is 4.68 Å². The molecule has 0 spiro atoms. The second-order valence-electron chi connectivity index (χ2n) is 4.94. The minimum Gasteiger partial charge on any atom is -0.477 e. The van der Waals surface area contributed by atoms with Crippen LogP contribution >= 0.6 is 23.4 Å². The molecule has 13 heteroatoms. The number of β-lactam (4-membered cyclic amide) rings is 1. The fourth-order valence-corrected chi connectivity index (χ4v) is 6.02. The zero-order valence-electron chi connectivity index (χ0n) is 11.6. The molecule has 23 heavy (non-hydrogen) atoms. The van der Waals surface area contributed by atoms with Gasteiger partial charge in [-0.15, -0.1) is 16.7 Å². The van der Waals surface area contributed by atoms with Gasteiger partial charge in [0.2, 0.25) is 11.1 Å². The number of aliphatic carboxylic acids is 1. The first-order chi connectivity index (χ1) is 10.7. The summed E-state index contributed by atoms with van der Waals surface area (Å²) in [5.74, 6) is -2.53. The van der Waals surface area contributed by atoms with Gasteiger partial charge in [0.25, 0.3) is 0 Å². The standard InChI is InChI=1S/C10H10ClN5O5S2/c1-15-10(12-13-14-15)22-2-4-3-23(20,21)8-5(11)7(17)16(8)6(4)9(18)19/h5,8H,2-3H2,1H3,(H,18,19)/t5-,8?/m0/s1. The molecule has 1 aromatic rings. The van der Waals surface area contributed by atoms with Crippen LogP contribution in [0.3, 0.4) is 0 Å². The van der Waals surface area contributed by atoms with Crippen molar-refractivity contribution in [2.45, 2.75) is 15.9 Å². The van der Waals surface area contributed by atoms with Crippen molar-refractivity contribution in [3.63, 3.8) is 0 Å². The lowest BCUT2D eigenvalue weighted by atomic mass is 10.1. The summed E-state index contributed by atoms with van der Waals surface area (Å²) in [6, 6.07) is 0. The molecule has 1 fully saturated rings. The van der Waals surface area contributed by atoms with Crippen LogP contribution in [0.2, 0.25) is 0 Å². The second kappa shape index (κ2) is 5.46. The van der Waals surface area contributed by atoms with Crippen molar-refractivity contribution in [1.82, 2.24) is 25.1 Å². The number of tetrazole rings is 1. The Morgan fingerprint density at radius 3 is 2.78 bits per heavy atom. The van der Waals surface area contributed by atoms with Crippen molar-refractivity contribution >= 4 is 45.1 Å². The summed E-state index contributed by atoms with van der Waals surface area (Å²) in [6.07, 6.45) is 0. The number of thioether (sulfide) groups is 1. The van der Waals surface area contributed by atoms with E-state index in [0.29, 0.717) is 5.16 Å². The molecule has 0 saturated carbocycles. The minimum atomic E-state index is -3.74. The van der Waals surface area contributed by atoms with E-state index >= 15 is 0 Å². The molecule has 1 unspecified atom stereocenters. The minimum absolute atomic E-state index is 0.0263. The number of hydrogen-bond acceptors (Lipinski definition) is 8. The Morgan fingerprint density at radius 2 is 2.22 bits per heavy atom. The summed E-state index contributed by atoms with van der Waals surface area (Å²) in [4.78, 5) is 24.1. The lowest BCUT2D eigenvalue weighted by molar-refractivity contribution is -0.145. The van der Waals surface area contributed by atoms with Crippen LogP contribution in [0.25, 0.3) is 0 Å².